The average Bonchev–Trinajstić information content (AvgIpc) is 2.89. The first kappa shape index (κ1) is 14.3. The standard InChI is InChI=1S/C16H23N3O2/c1-11-17-18-15(19(11)12-7-3-2-4-8-12)13-9-5-6-10-14(13)16(20)21/h5-6,12-14H,2-4,7-10H2,1H3,(H,20,21)/t13-,14+/m1/s1. The van der Waals surface area contributed by atoms with Crippen LogP contribution in [0.1, 0.15) is 68.6 Å². The van der Waals surface area contributed by atoms with Crippen LogP contribution in [-0.2, 0) is 4.79 Å². The topological polar surface area (TPSA) is 68.0 Å². The van der Waals surface area contributed by atoms with Crippen molar-refractivity contribution in [2.45, 2.75) is 63.8 Å². The molecule has 1 heterocycles. The predicted molar refractivity (Wildman–Crippen MR) is 79.1 cm³/mol. The van der Waals surface area contributed by atoms with Crippen LogP contribution in [0.25, 0.3) is 0 Å². The summed E-state index contributed by atoms with van der Waals surface area (Å²) in [6.45, 7) is 1.99. The van der Waals surface area contributed by atoms with Crippen LogP contribution < -0.4 is 0 Å². The number of hydrogen-bond acceptors (Lipinski definition) is 3. The van der Waals surface area contributed by atoms with Gasteiger partial charge in [0, 0.05) is 12.0 Å². The Morgan fingerprint density at radius 3 is 2.62 bits per heavy atom. The number of aryl methyl sites for hydroxylation is 1. The molecule has 5 heteroatoms. The summed E-state index contributed by atoms with van der Waals surface area (Å²) in [5, 5.41) is 18.1. The molecule has 1 aromatic heterocycles. The number of carboxylic acids is 1. The monoisotopic (exact) mass is 289 g/mol. The van der Waals surface area contributed by atoms with E-state index in [-0.39, 0.29) is 11.8 Å². The lowest BCUT2D eigenvalue weighted by molar-refractivity contribution is -0.142. The van der Waals surface area contributed by atoms with Gasteiger partial charge in [-0.05, 0) is 32.6 Å². The van der Waals surface area contributed by atoms with E-state index in [1.807, 2.05) is 13.0 Å². The van der Waals surface area contributed by atoms with E-state index < -0.39 is 5.97 Å². The third-order valence-electron chi connectivity index (χ3n) is 4.91. The lowest BCUT2D eigenvalue weighted by Gasteiger charge is -2.30. The largest absolute Gasteiger partial charge is 0.481 e. The van der Waals surface area contributed by atoms with E-state index in [0.717, 1.165) is 30.9 Å². The predicted octanol–water partition coefficient (Wildman–Crippen LogP) is 3.23. The van der Waals surface area contributed by atoms with Gasteiger partial charge >= 0.3 is 5.97 Å². The van der Waals surface area contributed by atoms with E-state index in [0.29, 0.717) is 12.5 Å². The molecule has 0 saturated heterocycles. The fourth-order valence-corrected chi connectivity index (χ4v) is 3.80. The molecule has 114 valence electrons. The van der Waals surface area contributed by atoms with Gasteiger partial charge in [-0.2, -0.15) is 0 Å². The first-order chi connectivity index (χ1) is 10.2. The maximum atomic E-state index is 11.5. The van der Waals surface area contributed by atoms with Crippen molar-refractivity contribution in [3.63, 3.8) is 0 Å². The van der Waals surface area contributed by atoms with Crippen molar-refractivity contribution in [3.8, 4) is 0 Å². The van der Waals surface area contributed by atoms with E-state index in [1.54, 1.807) is 0 Å². The molecular formula is C16H23N3O2. The molecule has 2 aliphatic carbocycles. The van der Waals surface area contributed by atoms with Crippen molar-refractivity contribution in [2.75, 3.05) is 0 Å². The lowest BCUT2D eigenvalue weighted by Crippen LogP contribution is -2.27. The van der Waals surface area contributed by atoms with Crippen molar-refractivity contribution in [1.29, 1.82) is 0 Å². The third-order valence-corrected chi connectivity index (χ3v) is 4.91. The van der Waals surface area contributed by atoms with Gasteiger partial charge in [-0.25, -0.2) is 0 Å². The van der Waals surface area contributed by atoms with Crippen LogP contribution >= 0.6 is 0 Å². The molecule has 1 saturated carbocycles. The molecule has 2 aliphatic rings. The SMILES string of the molecule is Cc1nnc([C@@H]2CC=CC[C@@H]2C(=O)O)n1C1CCCCC1. The highest BCUT2D eigenvalue weighted by atomic mass is 16.4. The Morgan fingerprint density at radius 2 is 1.90 bits per heavy atom. The van der Waals surface area contributed by atoms with Gasteiger partial charge < -0.3 is 9.67 Å². The second-order valence-electron chi connectivity index (χ2n) is 6.26. The van der Waals surface area contributed by atoms with Crippen LogP contribution in [0.2, 0.25) is 0 Å². The molecular weight excluding hydrogens is 266 g/mol. The third kappa shape index (κ3) is 2.74. The average molecular weight is 289 g/mol. The van der Waals surface area contributed by atoms with Crippen molar-refractivity contribution in [1.82, 2.24) is 14.8 Å². The van der Waals surface area contributed by atoms with Gasteiger partial charge in [0.15, 0.2) is 0 Å². The zero-order valence-corrected chi connectivity index (χ0v) is 12.5. The highest BCUT2D eigenvalue weighted by Crippen LogP contribution is 2.38. The van der Waals surface area contributed by atoms with Gasteiger partial charge in [0.2, 0.25) is 0 Å². The van der Waals surface area contributed by atoms with Crippen molar-refractivity contribution < 1.29 is 9.90 Å². The molecule has 0 bridgehead atoms. The molecule has 0 aliphatic heterocycles. The maximum absolute atomic E-state index is 11.5. The number of nitrogens with zero attached hydrogens (tertiary/aromatic N) is 3. The van der Waals surface area contributed by atoms with E-state index in [2.05, 4.69) is 20.8 Å². The Bertz CT molecular complexity index is 544. The van der Waals surface area contributed by atoms with Gasteiger partial charge in [0.25, 0.3) is 0 Å². The van der Waals surface area contributed by atoms with Gasteiger partial charge in [0.05, 0.1) is 5.92 Å². The van der Waals surface area contributed by atoms with Crippen LogP contribution in [0, 0.1) is 12.8 Å². The molecule has 0 radical (unpaired) electrons. The summed E-state index contributed by atoms with van der Waals surface area (Å²) in [6.07, 6.45) is 11.5. The molecule has 0 aromatic carbocycles. The summed E-state index contributed by atoms with van der Waals surface area (Å²) in [5.74, 6) is 0.670. The van der Waals surface area contributed by atoms with Crippen LogP contribution in [0.5, 0.6) is 0 Å². The number of aromatic nitrogens is 3. The fraction of sp³-hybridized carbons (Fsp3) is 0.688. The zero-order chi connectivity index (χ0) is 14.8. The Kier molecular flexibility index (Phi) is 4.08. The quantitative estimate of drug-likeness (QED) is 0.867. The molecule has 21 heavy (non-hydrogen) atoms. The Morgan fingerprint density at radius 1 is 1.19 bits per heavy atom. The van der Waals surface area contributed by atoms with E-state index in [1.165, 1.54) is 19.3 Å². The smallest absolute Gasteiger partial charge is 0.307 e. The minimum Gasteiger partial charge on any atom is -0.481 e. The van der Waals surface area contributed by atoms with Gasteiger partial charge in [-0.15, -0.1) is 10.2 Å². The van der Waals surface area contributed by atoms with Crippen LogP contribution in [-0.4, -0.2) is 25.8 Å². The van der Waals surface area contributed by atoms with E-state index in [9.17, 15) is 9.90 Å². The minimum atomic E-state index is -0.722. The molecule has 3 rings (SSSR count). The fourth-order valence-electron chi connectivity index (χ4n) is 3.80. The Balaban J connectivity index is 1.94. The molecule has 0 unspecified atom stereocenters. The molecule has 5 nitrogen and oxygen atoms in total. The van der Waals surface area contributed by atoms with Crippen LogP contribution in [0.4, 0.5) is 0 Å². The Labute approximate surface area is 125 Å². The molecule has 1 N–H and O–H groups in total. The van der Waals surface area contributed by atoms with Gasteiger partial charge in [0.1, 0.15) is 11.6 Å². The van der Waals surface area contributed by atoms with Crippen molar-refractivity contribution in [2.24, 2.45) is 5.92 Å². The number of carboxylic acid groups (broad SMARTS) is 1. The van der Waals surface area contributed by atoms with Crippen molar-refractivity contribution >= 4 is 5.97 Å². The normalized spacial score (nSPS) is 26.9. The minimum absolute atomic E-state index is 0.0457. The summed E-state index contributed by atoms with van der Waals surface area (Å²) in [4.78, 5) is 11.5. The second kappa shape index (κ2) is 6.00. The maximum Gasteiger partial charge on any atom is 0.307 e. The Hall–Kier alpha value is -1.65. The summed E-state index contributed by atoms with van der Waals surface area (Å²) in [7, 11) is 0. The number of hydrogen-bond donors (Lipinski definition) is 1. The van der Waals surface area contributed by atoms with Crippen molar-refractivity contribution in [3.05, 3.63) is 23.8 Å². The molecule has 1 aromatic rings. The highest BCUT2D eigenvalue weighted by Gasteiger charge is 2.35. The first-order valence-electron chi connectivity index (χ1n) is 7.97. The molecule has 2 atom stereocenters. The summed E-state index contributed by atoms with van der Waals surface area (Å²) in [5.41, 5.74) is 0. The number of carbonyl (C=O) groups is 1. The number of aliphatic carboxylic acids is 1. The summed E-state index contributed by atoms with van der Waals surface area (Å²) in [6, 6.07) is 0.448. The first-order valence-corrected chi connectivity index (χ1v) is 7.97. The van der Waals surface area contributed by atoms with E-state index >= 15 is 0 Å². The van der Waals surface area contributed by atoms with E-state index in [4.69, 9.17) is 0 Å². The van der Waals surface area contributed by atoms with Crippen LogP contribution in [0.3, 0.4) is 0 Å². The molecule has 1 fully saturated rings. The number of allylic oxidation sites excluding steroid dienone is 2. The van der Waals surface area contributed by atoms with Gasteiger partial charge in [-0.1, -0.05) is 31.4 Å². The summed E-state index contributed by atoms with van der Waals surface area (Å²) < 4.78 is 2.24. The zero-order valence-electron chi connectivity index (χ0n) is 12.5. The second-order valence-corrected chi connectivity index (χ2v) is 6.26. The van der Waals surface area contributed by atoms with Crippen LogP contribution in [0.15, 0.2) is 12.2 Å². The highest BCUT2D eigenvalue weighted by molar-refractivity contribution is 5.71. The van der Waals surface area contributed by atoms with Gasteiger partial charge in [-0.3, -0.25) is 4.79 Å². The summed E-state index contributed by atoms with van der Waals surface area (Å²) >= 11 is 0. The molecule has 0 spiro atoms. The lowest BCUT2D eigenvalue weighted by atomic mass is 9.82. The molecule has 0 amide bonds. The number of rotatable bonds is 3.